The summed E-state index contributed by atoms with van der Waals surface area (Å²) >= 11 is 0. The second-order valence-corrected chi connectivity index (χ2v) is 7.11. The maximum Gasteiger partial charge on any atom is 0.256 e. The van der Waals surface area contributed by atoms with Crippen LogP contribution in [0.1, 0.15) is 27.0 Å². The molecule has 138 valence electrons. The van der Waals surface area contributed by atoms with Crippen LogP contribution in [0, 0.1) is 20.8 Å². The minimum Gasteiger partial charge on any atom is -0.321 e. The normalized spacial score (nSPS) is 10.8. The predicted octanol–water partition coefficient (Wildman–Crippen LogP) is 6.08. The van der Waals surface area contributed by atoms with Crippen molar-refractivity contribution in [1.82, 2.24) is 4.98 Å². The number of rotatable bonds is 3. The van der Waals surface area contributed by atoms with E-state index >= 15 is 0 Å². The average molecular weight is 366 g/mol. The van der Waals surface area contributed by atoms with Gasteiger partial charge < -0.3 is 5.32 Å². The molecule has 0 aliphatic heterocycles. The number of benzene rings is 3. The van der Waals surface area contributed by atoms with Crippen LogP contribution in [0.5, 0.6) is 0 Å². The fraction of sp³-hybridized carbons (Fsp3) is 0.120. The Bertz CT molecular complexity index is 1170. The molecular formula is C25H22N2O. The van der Waals surface area contributed by atoms with E-state index in [4.69, 9.17) is 4.98 Å². The van der Waals surface area contributed by atoms with Gasteiger partial charge in [0.1, 0.15) is 0 Å². The molecule has 1 aromatic heterocycles. The number of aromatic nitrogens is 1. The molecule has 1 amide bonds. The van der Waals surface area contributed by atoms with Crippen LogP contribution in [0.3, 0.4) is 0 Å². The van der Waals surface area contributed by atoms with Gasteiger partial charge in [-0.2, -0.15) is 0 Å². The van der Waals surface area contributed by atoms with Crippen molar-refractivity contribution in [2.24, 2.45) is 0 Å². The standard InChI is InChI=1S/C25H22N2O/c1-16-9-4-5-12-19(16)23-15-21(20-13-6-7-14-22(20)26-23)25(28)27-24-17(2)10-8-11-18(24)3/h4-15H,1-3H3,(H,27,28). The van der Waals surface area contributed by atoms with Crippen LogP contribution in [0.2, 0.25) is 0 Å². The topological polar surface area (TPSA) is 42.0 Å². The van der Waals surface area contributed by atoms with Crippen LogP contribution >= 0.6 is 0 Å². The Hall–Kier alpha value is -3.46. The summed E-state index contributed by atoms with van der Waals surface area (Å²) in [6.45, 7) is 6.07. The lowest BCUT2D eigenvalue weighted by atomic mass is 10.0. The summed E-state index contributed by atoms with van der Waals surface area (Å²) in [7, 11) is 0. The first kappa shape index (κ1) is 17.9. The van der Waals surface area contributed by atoms with Crippen LogP contribution in [0.15, 0.2) is 72.8 Å². The largest absolute Gasteiger partial charge is 0.321 e. The number of anilines is 1. The molecule has 1 N–H and O–H groups in total. The average Bonchev–Trinajstić information content (AvgIpc) is 2.70. The SMILES string of the molecule is Cc1ccccc1-c1cc(C(=O)Nc2c(C)cccc2C)c2ccccc2n1. The first-order valence-corrected chi connectivity index (χ1v) is 9.38. The number of nitrogens with zero attached hydrogens (tertiary/aromatic N) is 1. The number of amides is 1. The molecule has 28 heavy (non-hydrogen) atoms. The summed E-state index contributed by atoms with van der Waals surface area (Å²) in [6.07, 6.45) is 0. The number of fused-ring (bicyclic) bond motifs is 1. The molecule has 0 saturated heterocycles. The molecule has 0 aliphatic carbocycles. The molecule has 0 spiro atoms. The van der Waals surface area contributed by atoms with E-state index in [0.717, 1.165) is 44.5 Å². The van der Waals surface area contributed by atoms with E-state index in [-0.39, 0.29) is 5.91 Å². The van der Waals surface area contributed by atoms with E-state index in [0.29, 0.717) is 5.56 Å². The van der Waals surface area contributed by atoms with Crippen LogP contribution in [0.25, 0.3) is 22.2 Å². The molecule has 0 radical (unpaired) electrons. The van der Waals surface area contributed by atoms with Gasteiger partial charge in [0.05, 0.1) is 16.8 Å². The van der Waals surface area contributed by atoms with E-state index in [2.05, 4.69) is 18.3 Å². The fourth-order valence-electron chi connectivity index (χ4n) is 3.55. The summed E-state index contributed by atoms with van der Waals surface area (Å²) in [5.74, 6) is -0.120. The van der Waals surface area contributed by atoms with Crippen molar-refractivity contribution in [3.05, 3.63) is 95.1 Å². The maximum absolute atomic E-state index is 13.3. The third-order valence-electron chi connectivity index (χ3n) is 5.10. The Kier molecular flexibility index (Phi) is 4.66. The minimum absolute atomic E-state index is 0.120. The van der Waals surface area contributed by atoms with E-state index in [1.807, 2.05) is 80.6 Å². The highest BCUT2D eigenvalue weighted by atomic mass is 16.1. The number of carbonyl (C=O) groups excluding carboxylic acids is 1. The maximum atomic E-state index is 13.3. The smallest absolute Gasteiger partial charge is 0.256 e. The number of carbonyl (C=O) groups is 1. The van der Waals surface area contributed by atoms with Gasteiger partial charge in [0, 0.05) is 16.6 Å². The third kappa shape index (κ3) is 3.27. The van der Waals surface area contributed by atoms with E-state index in [1.54, 1.807) is 0 Å². The quantitative estimate of drug-likeness (QED) is 0.477. The highest BCUT2D eigenvalue weighted by molar-refractivity contribution is 6.13. The number of hydrogen-bond acceptors (Lipinski definition) is 2. The van der Waals surface area contributed by atoms with Gasteiger partial charge in [0.2, 0.25) is 0 Å². The molecule has 0 aliphatic rings. The third-order valence-corrected chi connectivity index (χ3v) is 5.10. The van der Waals surface area contributed by atoms with Crippen LogP contribution in [-0.4, -0.2) is 10.9 Å². The monoisotopic (exact) mass is 366 g/mol. The lowest BCUT2D eigenvalue weighted by Crippen LogP contribution is -2.15. The Morgan fingerprint density at radius 3 is 2.18 bits per heavy atom. The number of pyridine rings is 1. The molecule has 1 heterocycles. The van der Waals surface area contributed by atoms with E-state index in [9.17, 15) is 4.79 Å². The van der Waals surface area contributed by atoms with Gasteiger partial charge in [-0.3, -0.25) is 4.79 Å². The number of hydrogen-bond donors (Lipinski definition) is 1. The summed E-state index contributed by atoms with van der Waals surface area (Å²) in [5, 5.41) is 3.96. The Morgan fingerprint density at radius 1 is 0.786 bits per heavy atom. The highest BCUT2D eigenvalue weighted by Crippen LogP contribution is 2.28. The van der Waals surface area contributed by atoms with Crippen molar-refractivity contribution in [2.45, 2.75) is 20.8 Å². The molecule has 0 fully saturated rings. The summed E-state index contributed by atoms with van der Waals surface area (Å²) < 4.78 is 0. The van der Waals surface area contributed by atoms with Gasteiger partial charge in [-0.1, -0.05) is 60.7 Å². The number of nitrogens with one attached hydrogen (secondary N) is 1. The molecule has 3 heteroatoms. The molecule has 3 nitrogen and oxygen atoms in total. The lowest BCUT2D eigenvalue weighted by molar-refractivity contribution is 0.102. The van der Waals surface area contributed by atoms with Crippen LogP contribution in [0.4, 0.5) is 5.69 Å². The Labute approximate surface area is 165 Å². The lowest BCUT2D eigenvalue weighted by Gasteiger charge is -2.14. The van der Waals surface area contributed by atoms with Crippen LogP contribution < -0.4 is 5.32 Å². The molecule has 0 unspecified atom stereocenters. The van der Waals surface area contributed by atoms with Gasteiger partial charge in [0.15, 0.2) is 0 Å². The zero-order chi connectivity index (χ0) is 19.7. The fourth-order valence-corrected chi connectivity index (χ4v) is 3.55. The summed E-state index contributed by atoms with van der Waals surface area (Å²) in [5.41, 5.74) is 7.38. The van der Waals surface area contributed by atoms with Gasteiger partial charge >= 0.3 is 0 Å². The van der Waals surface area contributed by atoms with Crippen molar-refractivity contribution < 1.29 is 4.79 Å². The molecule has 3 aromatic carbocycles. The first-order chi connectivity index (χ1) is 13.5. The Morgan fingerprint density at radius 2 is 1.43 bits per heavy atom. The second-order valence-electron chi connectivity index (χ2n) is 7.11. The predicted molar refractivity (Wildman–Crippen MR) is 116 cm³/mol. The zero-order valence-corrected chi connectivity index (χ0v) is 16.3. The van der Waals surface area contributed by atoms with Crippen molar-refractivity contribution >= 4 is 22.5 Å². The molecule has 0 saturated carbocycles. The van der Waals surface area contributed by atoms with Crippen molar-refractivity contribution in [2.75, 3.05) is 5.32 Å². The second kappa shape index (κ2) is 7.28. The Balaban J connectivity index is 1.86. The molecule has 4 rings (SSSR count). The zero-order valence-electron chi connectivity index (χ0n) is 16.3. The van der Waals surface area contributed by atoms with Crippen molar-refractivity contribution in [3.8, 4) is 11.3 Å². The molecular weight excluding hydrogens is 344 g/mol. The molecule has 4 aromatic rings. The summed E-state index contributed by atoms with van der Waals surface area (Å²) in [4.78, 5) is 18.1. The first-order valence-electron chi connectivity index (χ1n) is 9.38. The number of para-hydroxylation sites is 2. The van der Waals surface area contributed by atoms with Gasteiger partial charge in [-0.05, 0) is 49.6 Å². The van der Waals surface area contributed by atoms with Gasteiger partial charge in [-0.15, -0.1) is 0 Å². The van der Waals surface area contributed by atoms with Gasteiger partial charge in [-0.25, -0.2) is 4.98 Å². The van der Waals surface area contributed by atoms with E-state index < -0.39 is 0 Å². The van der Waals surface area contributed by atoms with E-state index in [1.165, 1.54) is 0 Å². The number of aryl methyl sites for hydroxylation is 3. The molecule has 0 bridgehead atoms. The highest BCUT2D eigenvalue weighted by Gasteiger charge is 2.16. The van der Waals surface area contributed by atoms with Gasteiger partial charge in [0.25, 0.3) is 5.91 Å². The van der Waals surface area contributed by atoms with Crippen molar-refractivity contribution in [3.63, 3.8) is 0 Å². The van der Waals surface area contributed by atoms with Crippen LogP contribution in [-0.2, 0) is 0 Å². The molecule has 0 atom stereocenters. The van der Waals surface area contributed by atoms with Crippen molar-refractivity contribution in [1.29, 1.82) is 0 Å². The minimum atomic E-state index is -0.120. The summed E-state index contributed by atoms with van der Waals surface area (Å²) in [6, 6.07) is 23.8.